The predicted molar refractivity (Wildman–Crippen MR) is 141 cm³/mol. The van der Waals surface area contributed by atoms with Gasteiger partial charge in [-0.2, -0.15) is 0 Å². The number of piperazine rings is 1. The molecule has 0 amide bonds. The van der Waals surface area contributed by atoms with Gasteiger partial charge in [0, 0.05) is 49.9 Å². The summed E-state index contributed by atoms with van der Waals surface area (Å²) < 4.78 is 7.60. The van der Waals surface area contributed by atoms with Crippen LogP contribution >= 0.6 is 0 Å². The van der Waals surface area contributed by atoms with E-state index < -0.39 is 0 Å². The number of rotatable bonds is 8. The molecule has 36 heavy (non-hydrogen) atoms. The van der Waals surface area contributed by atoms with Crippen molar-refractivity contribution in [3.8, 4) is 5.75 Å². The molecule has 0 unspecified atom stereocenters. The molecule has 0 spiro atoms. The normalized spacial score (nSPS) is 16.3. The second kappa shape index (κ2) is 10.3. The summed E-state index contributed by atoms with van der Waals surface area (Å²) in [6.07, 6.45) is 2.77. The third-order valence-corrected chi connectivity index (χ3v) is 7.48. The van der Waals surface area contributed by atoms with Crippen molar-refractivity contribution in [2.75, 3.05) is 33.3 Å². The van der Waals surface area contributed by atoms with Crippen LogP contribution in [0.2, 0.25) is 0 Å². The highest BCUT2D eigenvalue weighted by atomic mass is 16.5. The maximum absolute atomic E-state index is 5.58. The Bertz CT molecular complexity index is 1310. The number of tetrazole rings is 1. The van der Waals surface area contributed by atoms with E-state index in [-0.39, 0.29) is 11.6 Å². The number of para-hydroxylation sites is 1. The molecule has 0 N–H and O–H groups in total. The first-order valence-electron chi connectivity index (χ1n) is 12.7. The van der Waals surface area contributed by atoms with Gasteiger partial charge in [-0.05, 0) is 60.5 Å². The number of nitrogens with zero attached hydrogens (tertiary/aromatic N) is 7. The van der Waals surface area contributed by atoms with E-state index >= 15 is 0 Å². The zero-order valence-corrected chi connectivity index (χ0v) is 21.6. The average molecular weight is 486 g/mol. The van der Waals surface area contributed by atoms with E-state index in [0.717, 1.165) is 61.6 Å². The van der Waals surface area contributed by atoms with E-state index in [2.05, 4.69) is 87.5 Å². The molecule has 188 valence electrons. The Hall–Kier alpha value is -3.36. The minimum Gasteiger partial charge on any atom is -0.496 e. The van der Waals surface area contributed by atoms with Gasteiger partial charge in [0.25, 0.3) is 0 Å². The third-order valence-electron chi connectivity index (χ3n) is 7.48. The van der Waals surface area contributed by atoms with Crippen LogP contribution in [0.1, 0.15) is 50.2 Å². The van der Waals surface area contributed by atoms with Gasteiger partial charge in [0.05, 0.1) is 24.2 Å². The second-order valence-corrected chi connectivity index (χ2v) is 10.1. The number of ether oxygens (including phenoxy) is 1. The van der Waals surface area contributed by atoms with Crippen LogP contribution < -0.4 is 4.74 Å². The van der Waals surface area contributed by atoms with Gasteiger partial charge in [-0.1, -0.05) is 37.3 Å². The van der Waals surface area contributed by atoms with E-state index in [1.165, 1.54) is 11.1 Å². The predicted octanol–water partition coefficient (Wildman–Crippen LogP) is 4.28. The van der Waals surface area contributed by atoms with Gasteiger partial charge >= 0.3 is 0 Å². The highest BCUT2D eigenvalue weighted by molar-refractivity contribution is 5.79. The van der Waals surface area contributed by atoms with E-state index in [1.54, 1.807) is 7.11 Å². The first-order chi connectivity index (χ1) is 17.5. The summed E-state index contributed by atoms with van der Waals surface area (Å²) in [5.74, 6) is 1.84. The van der Waals surface area contributed by atoms with E-state index in [0.29, 0.717) is 0 Å². The van der Waals surface area contributed by atoms with Crippen LogP contribution in [0.25, 0.3) is 10.9 Å². The first kappa shape index (κ1) is 24.3. The lowest BCUT2D eigenvalue weighted by molar-refractivity contribution is 0.0968. The fourth-order valence-electron chi connectivity index (χ4n) is 4.99. The van der Waals surface area contributed by atoms with Gasteiger partial charge < -0.3 is 4.74 Å². The number of aromatic nitrogens is 5. The third kappa shape index (κ3) is 4.83. The summed E-state index contributed by atoms with van der Waals surface area (Å²) in [6, 6.07) is 18.9. The van der Waals surface area contributed by atoms with Gasteiger partial charge in [-0.25, -0.2) is 4.68 Å². The molecular formula is C28H35N7O. The molecule has 2 aromatic heterocycles. The Balaban J connectivity index is 1.44. The molecule has 8 nitrogen and oxygen atoms in total. The molecule has 5 rings (SSSR count). The van der Waals surface area contributed by atoms with Crippen LogP contribution in [0.5, 0.6) is 5.75 Å². The molecule has 1 saturated heterocycles. The molecule has 0 aliphatic carbocycles. The Morgan fingerprint density at radius 3 is 2.58 bits per heavy atom. The monoisotopic (exact) mass is 485 g/mol. The van der Waals surface area contributed by atoms with Crippen LogP contribution in [0.3, 0.4) is 0 Å². The van der Waals surface area contributed by atoms with Crippen molar-refractivity contribution in [2.45, 2.75) is 45.3 Å². The number of hydrogen-bond acceptors (Lipinski definition) is 7. The summed E-state index contributed by atoms with van der Waals surface area (Å²) in [5.41, 5.74) is 3.23. The van der Waals surface area contributed by atoms with Crippen molar-refractivity contribution in [1.29, 1.82) is 0 Å². The van der Waals surface area contributed by atoms with Crippen LogP contribution in [-0.2, 0) is 12.1 Å². The minimum absolute atomic E-state index is 0.0381. The van der Waals surface area contributed by atoms with Gasteiger partial charge in [0.1, 0.15) is 5.75 Å². The van der Waals surface area contributed by atoms with Crippen molar-refractivity contribution in [3.63, 3.8) is 0 Å². The van der Waals surface area contributed by atoms with Crippen LogP contribution in [0.15, 0.2) is 60.8 Å². The molecule has 2 aromatic carbocycles. The summed E-state index contributed by atoms with van der Waals surface area (Å²) in [7, 11) is 1.74. The fourth-order valence-corrected chi connectivity index (χ4v) is 4.99. The summed E-state index contributed by atoms with van der Waals surface area (Å²) in [6.45, 7) is 11.2. The number of benzene rings is 2. The highest BCUT2D eigenvalue weighted by Gasteiger charge is 2.34. The Morgan fingerprint density at radius 2 is 1.81 bits per heavy atom. The summed E-state index contributed by atoms with van der Waals surface area (Å²) in [4.78, 5) is 9.53. The zero-order chi connectivity index (χ0) is 25.1. The van der Waals surface area contributed by atoms with Gasteiger partial charge in [-0.15, -0.1) is 5.10 Å². The van der Waals surface area contributed by atoms with Gasteiger partial charge in [0.2, 0.25) is 0 Å². The number of pyridine rings is 1. The van der Waals surface area contributed by atoms with Gasteiger partial charge in [-0.3, -0.25) is 14.8 Å². The summed E-state index contributed by atoms with van der Waals surface area (Å²) in [5, 5.41) is 14.3. The number of hydrogen-bond donors (Lipinski definition) is 0. The average Bonchev–Trinajstić information content (AvgIpc) is 3.40. The lowest BCUT2D eigenvalue weighted by Gasteiger charge is -2.40. The Labute approximate surface area is 212 Å². The first-order valence-corrected chi connectivity index (χ1v) is 12.7. The SMILES string of the molecule is CCC(C)(C)n1nnnc1[C@@H](c1ccc2ncccc2c1)N1CCN(Cc2ccccc2OC)CC1. The van der Waals surface area contributed by atoms with E-state index in [9.17, 15) is 0 Å². The maximum atomic E-state index is 5.58. The fraction of sp³-hybridized carbons (Fsp3) is 0.429. The Morgan fingerprint density at radius 1 is 1.00 bits per heavy atom. The number of fused-ring (bicyclic) bond motifs is 1. The molecule has 0 bridgehead atoms. The quantitative estimate of drug-likeness (QED) is 0.369. The van der Waals surface area contributed by atoms with Crippen molar-refractivity contribution in [3.05, 3.63) is 77.7 Å². The minimum atomic E-state index is -0.179. The zero-order valence-electron chi connectivity index (χ0n) is 21.6. The second-order valence-electron chi connectivity index (χ2n) is 10.1. The van der Waals surface area contributed by atoms with Crippen LogP contribution in [0.4, 0.5) is 0 Å². The molecule has 1 aliphatic rings. The lowest BCUT2D eigenvalue weighted by Crippen LogP contribution is -2.48. The molecule has 1 atom stereocenters. The molecule has 0 saturated carbocycles. The van der Waals surface area contributed by atoms with Crippen molar-refractivity contribution in [1.82, 2.24) is 35.0 Å². The Kier molecular flexibility index (Phi) is 6.98. The molecule has 4 aromatic rings. The van der Waals surface area contributed by atoms with Crippen molar-refractivity contribution >= 4 is 10.9 Å². The van der Waals surface area contributed by atoms with E-state index in [4.69, 9.17) is 4.74 Å². The maximum Gasteiger partial charge on any atom is 0.173 e. The number of methoxy groups -OCH3 is 1. The smallest absolute Gasteiger partial charge is 0.173 e. The molecule has 8 heteroatoms. The lowest BCUT2D eigenvalue weighted by atomic mass is 9.98. The van der Waals surface area contributed by atoms with Crippen LogP contribution in [0, 0.1) is 0 Å². The standard InChI is InChI=1S/C28H35N7O/c1-5-28(2,3)35-27(30-31-32-35)26(22-12-13-24-21(19-22)10-8-14-29-24)34-17-15-33(16-18-34)20-23-9-6-7-11-25(23)36-4/h6-14,19,26H,5,15-18,20H2,1-4H3/t26-/m1/s1. The molecule has 1 fully saturated rings. The molecule has 3 heterocycles. The largest absolute Gasteiger partial charge is 0.496 e. The molecule has 1 aliphatic heterocycles. The molecule has 0 radical (unpaired) electrons. The molecular weight excluding hydrogens is 450 g/mol. The highest BCUT2D eigenvalue weighted by Crippen LogP contribution is 2.33. The van der Waals surface area contributed by atoms with Crippen molar-refractivity contribution in [2.24, 2.45) is 0 Å². The van der Waals surface area contributed by atoms with Gasteiger partial charge in [0.15, 0.2) is 5.82 Å². The topological polar surface area (TPSA) is 72.2 Å². The van der Waals surface area contributed by atoms with Crippen LogP contribution in [-0.4, -0.2) is 68.3 Å². The van der Waals surface area contributed by atoms with E-state index in [1.807, 2.05) is 29.1 Å². The summed E-state index contributed by atoms with van der Waals surface area (Å²) >= 11 is 0. The van der Waals surface area contributed by atoms with Crippen molar-refractivity contribution < 1.29 is 4.74 Å².